The number of aliphatic carboxylic acids is 1. The van der Waals surface area contributed by atoms with Gasteiger partial charge in [-0.05, 0) is 20.8 Å². The van der Waals surface area contributed by atoms with Crippen molar-refractivity contribution in [3.63, 3.8) is 0 Å². The number of carboxylic acid groups (broad SMARTS) is 1. The molecule has 0 bridgehead atoms. The number of hydrogen-bond donors (Lipinski definition) is 3. The highest BCUT2D eigenvalue weighted by Gasteiger charge is 2.26. The van der Waals surface area contributed by atoms with Gasteiger partial charge in [0.25, 0.3) is 0 Å². The van der Waals surface area contributed by atoms with Gasteiger partial charge in [0.15, 0.2) is 0 Å². The Labute approximate surface area is 113 Å². The van der Waals surface area contributed by atoms with Crippen molar-refractivity contribution in [2.45, 2.75) is 39.7 Å². The number of urea groups is 1. The van der Waals surface area contributed by atoms with Gasteiger partial charge in [0.1, 0.15) is 0 Å². The Kier molecular flexibility index (Phi) is 6.31. The van der Waals surface area contributed by atoms with E-state index in [-0.39, 0.29) is 13.0 Å². The minimum atomic E-state index is -0.956. The number of carbonyl (C=O) groups excluding carboxylic acids is 2. The summed E-state index contributed by atoms with van der Waals surface area (Å²) in [6.07, 6.45) is 0.0186. The SMILES string of the molecule is CCN(CC(C)C(=O)O)C(=O)NC(C)(C)CC(N)=O. The molecule has 4 N–H and O–H groups in total. The lowest BCUT2D eigenvalue weighted by atomic mass is 10.0. The van der Waals surface area contributed by atoms with Crippen LogP contribution in [-0.4, -0.2) is 46.5 Å². The first-order valence-corrected chi connectivity index (χ1v) is 6.17. The number of nitrogens with two attached hydrogens (primary N) is 1. The minimum absolute atomic E-state index is 0.0186. The Morgan fingerprint density at radius 3 is 2.26 bits per heavy atom. The number of carboxylic acids is 1. The third-order valence-corrected chi connectivity index (χ3v) is 2.65. The van der Waals surface area contributed by atoms with E-state index >= 15 is 0 Å². The number of nitrogens with one attached hydrogen (secondary N) is 1. The quantitative estimate of drug-likeness (QED) is 0.622. The van der Waals surface area contributed by atoms with E-state index in [1.807, 2.05) is 0 Å². The molecule has 7 nitrogen and oxygen atoms in total. The molecule has 0 spiro atoms. The van der Waals surface area contributed by atoms with Crippen LogP contribution in [0.2, 0.25) is 0 Å². The molecule has 0 aromatic heterocycles. The molecule has 3 amide bonds. The lowest BCUT2D eigenvalue weighted by Gasteiger charge is -2.30. The van der Waals surface area contributed by atoms with Gasteiger partial charge in [-0.3, -0.25) is 9.59 Å². The lowest BCUT2D eigenvalue weighted by molar-refractivity contribution is -0.141. The molecular formula is C12H23N3O4. The largest absolute Gasteiger partial charge is 0.481 e. The van der Waals surface area contributed by atoms with E-state index in [9.17, 15) is 14.4 Å². The van der Waals surface area contributed by atoms with Crippen molar-refractivity contribution < 1.29 is 19.5 Å². The fourth-order valence-corrected chi connectivity index (χ4v) is 1.61. The van der Waals surface area contributed by atoms with Crippen LogP contribution in [0, 0.1) is 5.92 Å². The second kappa shape index (κ2) is 6.96. The van der Waals surface area contributed by atoms with Crippen LogP contribution in [0.1, 0.15) is 34.1 Å². The summed E-state index contributed by atoms with van der Waals surface area (Å²) in [4.78, 5) is 35.1. The highest BCUT2D eigenvalue weighted by molar-refractivity contribution is 5.79. The zero-order valence-electron chi connectivity index (χ0n) is 11.9. The maximum absolute atomic E-state index is 12.0. The molecule has 0 aliphatic heterocycles. The van der Waals surface area contributed by atoms with Crippen molar-refractivity contribution in [3.8, 4) is 0 Å². The molecule has 0 radical (unpaired) electrons. The average Bonchev–Trinajstić information content (AvgIpc) is 2.22. The van der Waals surface area contributed by atoms with Gasteiger partial charge < -0.3 is 21.1 Å². The zero-order chi connectivity index (χ0) is 15.2. The zero-order valence-corrected chi connectivity index (χ0v) is 11.9. The van der Waals surface area contributed by atoms with E-state index in [2.05, 4.69) is 5.32 Å². The third-order valence-electron chi connectivity index (χ3n) is 2.65. The molecule has 0 aliphatic carbocycles. The van der Waals surface area contributed by atoms with E-state index in [0.717, 1.165) is 0 Å². The molecular weight excluding hydrogens is 250 g/mol. The van der Waals surface area contributed by atoms with Crippen LogP contribution in [0.3, 0.4) is 0 Å². The third kappa shape index (κ3) is 6.64. The number of primary amides is 1. The van der Waals surface area contributed by atoms with Gasteiger partial charge in [0, 0.05) is 25.0 Å². The highest BCUT2D eigenvalue weighted by atomic mass is 16.4. The van der Waals surface area contributed by atoms with Crippen LogP contribution in [0.15, 0.2) is 0 Å². The molecule has 0 saturated carbocycles. The van der Waals surface area contributed by atoms with Crippen LogP contribution < -0.4 is 11.1 Å². The first kappa shape index (κ1) is 17.2. The number of carbonyl (C=O) groups is 3. The van der Waals surface area contributed by atoms with E-state index in [4.69, 9.17) is 10.8 Å². The minimum Gasteiger partial charge on any atom is -0.481 e. The molecule has 1 unspecified atom stereocenters. The standard InChI is InChI=1S/C12H23N3O4/c1-5-15(7-8(2)10(17)18)11(19)14-12(3,4)6-9(13)16/h8H,5-7H2,1-4H3,(H2,13,16)(H,14,19)(H,17,18). The summed E-state index contributed by atoms with van der Waals surface area (Å²) in [5.74, 6) is -2.11. The van der Waals surface area contributed by atoms with Crippen molar-refractivity contribution in [2.75, 3.05) is 13.1 Å². The molecule has 0 aliphatic rings. The summed E-state index contributed by atoms with van der Waals surface area (Å²) in [7, 11) is 0. The van der Waals surface area contributed by atoms with Crippen LogP contribution in [0.5, 0.6) is 0 Å². The maximum Gasteiger partial charge on any atom is 0.317 e. The average molecular weight is 273 g/mol. The Morgan fingerprint density at radius 1 is 1.37 bits per heavy atom. The predicted octanol–water partition coefficient (Wildman–Crippen LogP) is 0.393. The number of rotatable bonds is 7. The summed E-state index contributed by atoms with van der Waals surface area (Å²) in [6.45, 7) is 7.16. The summed E-state index contributed by atoms with van der Waals surface area (Å²) in [5, 5.41) is 11.5. The van der Waals surface area contributed by atoms with Crippen molar-refractivity contribution >= 4 is 17.9 Å². The first-order valence-electron chi connectivity index (χ1n) is 6.17. The molecule has 0 rings (SSSR count). The van der Waals surface area contributed by atoms with Crippen LogP contribution >= 0.6 is 0 Å². The summed E-state index contributed by atoms with van der Waals surface area (Å²) in [5.41, 5.74) is 4.34. The summed E-state index contributed by atoms with van der Waals surface area (Å²) < 4.78 is 0. The van der Waals surface area contributed by atoms with Crippen molar-refractivity contribution in [1.29, 1.82) is 0 Å². The normalized spacial score (nSPS) is 12.6. The molecule has 1 atom stereocenters. The predicted molar refractivity (Wildman–Crippen MR) is 70.5 cm³/mol. The lowest BCUT2D eigenvalue weighted by Crippen LogP contribution is -2.52. The molecule has 0 heterocycles. The van der Waals surface area contributed by atoms with Gasteiger partial charge in [-0.25, -0.2) is 4.79 Å². The number of hydrogen-bond acceptors (Lipinski definition) is 3. The van der Waals surface area contributed by atoms with Crippen molar-refractivity contribution in [1.82, 2.24) is 10.2 Å². The Balaban J connectivity index is 4.59. The monoisotopic (exact) mass is 273 g/mol. The summed E-state index contributed by atoms with van der Waals surface area (Å²) in [6, 6.07) is -0.401. The Morgan fingerprint density at radius 2 is 1.89 bits per heavy atom. The second-order valence-corrected chi connectivity index (χ2v) is 5.24. The van der Waals surface area contributed by atoms with E-state index in [0.29, 0.717) is 6.54 Å². The molecule has 7 heteroatoms. The maximum atomic E-state index is 12.0. The van der Waals surface area contributed by atoms with Gasteiger partial charge in [-0.15, -0.1) is 0 Å². The molecule has 0 aromatic rings. The van der Waals surface area contributed by atoms with Crippen molar-refractivity contribution in [2.24, 2.45) is 11.7 Å². The van der Waals surface area contributed by atoms with Gasteiger partial charge >= 0.3 is 12.0 Å². The van der Waals surface area contributed by atoms with E-state index in [1.54, 1.807) is 20.8 Å². The van der Waals surface area contributed by atoms with Crippen LogP contribution in [-0.2, 0) is 9.59 Å². The van der Waals surface area contributed by atoms with Crippen LogP contribution in [0.4, 0.5) is 4.79 Å². The molecule has 0 aromatic carbocycles. The smallest absolute Gasteiger partial charge is 0.317 e. The fraction of sp³-hybridized carbons (Fsp3) is 0.750. The first-order chi connectivity index (χ1) is 8.59. The van der Waals surface area contributed by atoms with Crippen molar-refractivity contribution in [3.05, 3.63) is 0 Å². The van der Waals surface area contributed by atoms with Gasteiger partial charge in [0.05, 0.1) is 5.92 Å². The van der Waals surface area contributed by atoms with E-state index in [1.165, 1.54) is 11.8 Å². The fourth-order valence-electron chi connectivity index (χ4n) is 1.61. The summed E-state index contributed by atoms with van der Waals surface area (Å²) >= 11 is 0. The number of nitrogens with zero attached hydrogens (tertiary/aromatic N) is 1. The molecule has 19 heavy (non-hydrogen) atoms. The van der Waals surface area contributed by atoms with Gasteiger partial charge in [0.2, 0.25) is 5.91 Å². The Bertz CT molecular complexity index is 355. The van der Waals surface area contributed by atoms with Gasteiger partial charge in [-0.1, -0.05) is 6.92 Å². The topological polar surface area (TPSA) is 113 Å². The van der Waals surface area contributed by atoms with Crippen LogP contribution in [0.25, 0.3) is 0 Å². The molecule has 0 fully saturated rings. The second-order valence-electron chi connectivity index (χ2n) is 5.24. The Hall–Kier alpha value is -1.79. The van der Waals surface area contributed by atoms with E-state index < -0.39 is 29.4 Å². The molecule has 110 valence electrons. The highest BCUT2D eigenvalue weighted by Crippen LogP contribution is 2.09. The molecule has 0 saturated heterocycles. The number of amides is 3. The van der Waals surface area contributed by atoms with Gasteiger partial charge in [-0.2, -0.15) is 0 Å².